The van der Waals surface area contributed by atoms with Crippen molar-refractivity contribution in [2.75, 3.05) is 26.5 Å². The lowest BCUT2D eigenvalue weighted by Gasteiger charge is -2.21. The fourth-order valence-corrected chi connectivity index (χ4v) is 4.95. The first-order chi connectivity index (χ1) is 18.4. The van der Waals surface area contributed by atoms with Crippen LogP contribution in [0, 0.1) is 13.8 Å². The van der Waals surface area contributed by atoms with E-state index >= 15 is 0 Å². The van der Waals surface area contributed by atoms with Gasteiger partial charge in [-0.05, 0) is 75.0 Å². The van der Waals surface area contributed by atoms with Gasteiger partial charge in [0, 0.05) is 30.1 Å². The lowest BCUT2D eigenvalue weighted by molar-refractivity contribution is 0.402. The third-order valence-electron chi connectivity index (χ3n) is 6.38. The number of pyridine rings is 2. The van der Waals surface area contributed by atoms with E-state index in [1.165, 1.54) is 0 Å². The van der Waals surface area contributed by atoms with Crippen molar-refractivity contribution in [1.82, 2.24) is 24.8 Å². The van der Waals surface area contributed by atoms with E-state index in [-0.39, 0.29) is 0 Å². The minimum Gasteiger partial charge on any atom is -0.494 e. The molecule has 192 valence electrons. The standard InChI is InChI=1S/C30H29ClN6O/c1-18-21(22-10-6-9-20(26(22)31)17-37(3)4)13-14-23(28-25(38-5)12-8-16-32-28)27(18)36-30-29-24(11-7-15-33-29)34-19(2)35-30/h6-16H,17H2,1-5H3,(H,34,35,36). The maximum atomic E-state index is 6.97. The first-order valence-electron chi connectivity index (χ1n) is 12.3. The highest BCUT2D eigenvalue weighted by molar-refractivity contribution is 6.34. The summed E-state index contributed by atoms with van der Waals surface area (Å²) in [5.74, 6) is 1.95. The molecule has 0 aliphatic heterocycles. The van der Waals surface area contributed by atoms with E-state index in [2.05, 4.69) is 50.3 Å². The van der Waals surface area contributed by atoms with Crippen LogP contribution in [0.4, 0.5) is 11.5 Å². The number of aryl methyl sites for hydroxylation is 1. The molecule has 0 fully saturated rings. The molecule has 7 nitrogen and oxygen atoms in total. The van der Waals surface area contributed by atoms with E-state index in [1.807, 2.05) is 57.4 Å². The minimum atomic E-state index is 0.622. The van der Waals surface area contributed by atoms with Crippen LogP contribution in [0.3, 0.4) is 0 Å². The number of methoxy groups -OCH3 is 1. The molecule has 0 radical (unpaired) electrons. The van der Waals surface area contributed by atoms with Crippen molar-refractivity contribution in [3.8, 4) is 28.1 Å². The van der Waals surface area contributed by atoms with Crippen LogP contribution in [0.15, 0.2) is 67.0 Å². The predicted octanol–water partition coefficient (Wildman–Crippen LogP) is 6.84. The molecular formula is C30H29ClN6O. The van der Waals surface area contributed by atoms with Crippen molar-refractivity contribution in [2.45, 2.75) is 20.4 Å². The molecule has 1 N–H and O–H groups in total. The normalized spacial score (nSPS) is 11.2. The zero-order chi connectivity index (χ0) is 26.8. The van der Waals surface area contributed by atoms with Crippen molar-refractivity contribution in [3.05, 3.63) is 89.0 Å². The van der Waals surface area contributed by atoms with Gasteiger partial charge in [-0.2, -0.15) is 0 Å². The predicted molar refractivity (Wildman–Crippen MR) is 154 cm³/mol. The number of aromatic nitrogens is 4. The third kappa shape index (κ3) is 4.90. The summed E-state index contributed by atoms with van der Waals surface area (Å²) in [6.45, 7) is 4.70. The quantitative estimate of drug-likeness (QED) is 0.250. The summed E-state index contributed by atoms with van der Waals surface area (Å²) in [4.78, 5) is 20.6. The first-order valence-corrected chi connectivity index (χ1v) is 12.7. The molecule has 5 aromatic rings. The van der Waals surface area contributed by atoms with Crippen LogP contribution in [0.5, 0.6) is 5.75 Å². The van der Waals surface area contributed by atoms with Crippen LogP contribution in [-0.4, -0.2) is 46.0 Å². The third-order valence-corrected chi connectivity index (χ3v) is 6.82. The highest BCUT2D eigenvalue weighted by atomic mass is 35.5. The van der Waals surface area contributed by atoms with Gasteiger partial charge < -0.3 is 15.0 Å². The molecule has 0 aliphatic rings. The molecule has 8 heteroatoms. The molecule has 5 rings (SSSR count). The Morgan fingerprint density at radius 2 is 1.63 bits per heavy atom. The number of fused-ring (bicyclic) bond motifs is 1. The van der Waals surface area contributed by atoms with Crippen LogP contribution >= 0.6 is 11.6 Å². The number of nitrogens with one attached hydrogen (secondary N) is 1. The molecule has 3 aromatic heterocycles. The molecule has 0 aliphatic carbocycles. The Hall–Kier alpha value is -4.07. The summed E-state index contributed by atoms with van der Waals surface area (Å²) in [7, 11) is 5.72. The average Bonchev–Trinajstić information content (AvgIpc) is 2.91. The summed E-state index contributed by atoms with van der Waals surface area (Å²) in [5.41, 5.74) is 7.96. The Balaban J connectivity index is 1.75. The number of anilines is 2. The zero-order valence-corrected chi connectivity index (χ0v) is 22.8. The van der Waals surface area contributed by atoms with Crippen molar-refractivity contribution < 1.29 is 4.74 Å². The van der Waals surface area contributed by atoms with Crippen molar-refractivity contribution in [3.63, 3.8) is 0 Å². The van der Waals surface area contributed by atoms with Crippen molar-refractivity contribution >= 4 is 34.1 Å². The Kier molecular flexibility index (Phi) is 7.22. The van der Waals surface area contributed by atoms with Crippen LogP contribution < -0.4 is 10.1 Å². The molecule has 0 spiro atoms. The van der Waals surface area contributed by atoms with Gasteiger partial charge in [0.15, 0.2) is 5.82 Å². The highest BCUT2D eigenvalue weighted by Crippen LogP contribution is 2.43. The van der Waals surface area contributed by atoms with E-state index in [9.17, 15) is 0 Å². The first kappa shape index (κ1) is 25.6. The van der Waals surface area contributed by atoms with Gasteiger partial charge in [0.1, 0.15) is 22.8 Å². The topological polar surface area (TPSA) is 76.1 Å². The Bertz CT molecular complexity index is 1640. The molecular weight excluding hydrogens is 496 g/mol. The monoisotopic (exact) mass is 524 g/mol. The number of ether oxygens (including phenoxy) is 1. The average molecular weight is 525 g/mol. The molecule has 0 bridgehead atoms. The fraction of sp³-hybridized carbons (Fsp3) is 0.200. The molecule has 0 saturated heterocycles. The second-order valence-corrected chi connectivity index (χ2v) is 9.72. The molecule has 0 saturated carbocycles. The largest absolute Gasteiger partial charge is 0.494 e. The Morgan fingerprint density at radius 3 is 2.42 bits per heavy atom. The van der Waals surface area contributed by atoms with E-state index < -0.39 is 0 Å². The van der Waals surface area contributed by atoms with Gasteiger partial charge in [0.2, 0.25) is 0 Å². The van der Waals surface area contributed by atoms with Gasteiger partial charge >= 0.3 is 0 Å². The molecule has 2 aromatic carbocycles. The van der Waals surface area contributed by atoms with E-state index in [1.54, 1.807) is 19.5 Å². The summed E-state index contributed by atoms with van der Waals surface area (Å²) < 4.78 is 5.67. The molecule has 3 heterocycles. The lowest BCUT2D eigenvalue weighted by atomic mass is 9.93. The maximum Gasteiger partial charge on any atom is 0.160 e. The van der Waals surface area contributed by atoms with Crippen LogP contribution in [0.2, 0.25) is 5.02 Å². The smallest absolute Gasteiger partial charge is 0.160 e. The van der Waals surface area contributed by atoms with E-state index in [0.717, 1.165) is 56.3 Å². The number of rotatable bonds is 7. The van der Waals surface area contributed by atoms with Gasteiger partial charge in [0.25, 0.3) is 0 Å². The highest BCUT2D eigenvalue weighted by Gasteiger charge is 2.20. The van der Waals surface area contributed by atoms with Gasteiger partial charge in [-0.15, -0.1) is 0 Å². The number of hydrogen-bond donors (Lipinski definition) is 1. The van der Waals surface area contributed by atoms with E-state index in [0.29, 0.717) is 22.9 Å². The number of benzene rings is 2. The lowest BCUT2D eigenvalue weighted by Crippen LogP contribution is -2.11. The summed E-state index contributed by atoms with van der Waals surface area (Å²) in [6, 6.07) is 17.9. The van der Waals surface area contributed by atoms with Gasteiger partial charge in [-0.1, -0.05) is 35.9 Å². The second-order valence-electron chi connectivity index (χ2n) is 9.35. The SMILES string of the molecule is COc1cccnc1-c1ccc(-c2cccc(CN(C)C)c2Cl)c(C)c1Nc1nc(C)nc2cccnc12. The maximum absolute atomic E-state index is 6.97. The van der Waals surface area contributed by atoms with Gasteiger partial charge in [-0.25, -0.2) is 9.97 Å². The summed E-state index contributed by atoms with van der Waals surface area (Å²) in [5, 5.41) is 4.33. The van der Waals surface area contributed by atoms with Crippen LogP contribution in [0.25, 0.3) is 33.4 Å². The van der Waals surface area contributed by atoms with Crippen LogP contribution in [-0.2, 0) is 6.54 Å². The summed E-state index contributed by atoms with van der Waals surface area (Å²) >= 11 is 6.97. The molecule has 0 unspecified atom stereocenters. The Labute approximate surface area is 227 Å². The number of hydrogen-bond acceptors (Lipinski definition) is 7. The number of halogens is 1. The molecule has 38 heavy (non-hydrogen) atoms. The second kappa shape index (κ2) is 10.7. The minimum absolute atomic E-state index is 0.622. The fourth-order valence-electron chi connectivity index (χ4n) is 4.66. The number of nitrogens with zero attached hydrogens (tertiary/aromatic N) is 5. The summed E-state index contributed by atoms with van der Waals surface area (Å²) in [6.07, 6.45) is 3.51. The van der Waals surface area contributed by atoms with Gasteiger partial charge in [-0.3, -0.25) is 9.97 Å². The zero-order valence-electron chi connectivity index (χ0n) is 22.1. The molecule has 0 atom stereocenters. The van der Waals surface area contributed by atoms with E-state index in [4.69, 9.17) is 21.3 Å². The van der Waals surface area contributed by atoms with Gasteiger partial charge in [0.05, 0.1) is 23.3 Å². The van der Waals surface area contributed by atoms with Crippen LogP contribution in [0.1, 0.15) is 17.0 Å². The van der Waals surface area contributed by atoms with Crippen molar-refractivity contribution in [1.29, 1.82) is 0 Å². The molecule has 0 amide bonds. The van der Waals surface area contributed by atoms with Crippen molar-refractivity contribution in [2.24, 2.45) is 0 Å². The Morgan fingerprint density at radius 1 is 0.868 bits per heavy atom.